The minimum absolute atomic E-state index is 0.353. The molecule has 0 spiro atoms. The van der Waals surface area contributed by atoms with Crippen LogP contribution in [0.4, 0.5) is 0 Å². The van der Waals surface area contributed by atoms with Crippen molar-refractivity contribution in [2.75, 3.05) is 13.1 Å². The zero-order valence-corrected chi connectivity index (χ0v) is 12.3. The molecule has 2 heterocycles. The molecule has 2 aromatic rings. The Morgan fingerprint density at radius 1 is 0.739 bits per heavy atom. The monoisotopic (exact) mass is 322 g/mol. The van der Waals surface area contributed by atoms with Gasteiger partial charge in [0.25, 0.3) is 11.1 Å². The largest absolute Gasteiger partial charge is 0.325 e. The van der Waals surface area contributed by atoms with Crippen LogP contribution in [-0.2, 0) is 13.1 Å². The van der Waals surface area contributed by atoms with E-state index in [2.05, 4.69) is 30.6 Å². The van der Waals surface area contributed by atoms with Crippen molar-refractivity contribution in [1.82, 2.24) is 30.6 Å². The van der Waals surface area contributed by atoms with Crippen LogP contribution in [0.2, 0.25) is 0 Å². The maximum absolute atomic E-state index is 11.4. The Labute approximate surface area is 129 Å². The molecule has 0 unspecified atom stereocenters. The minimum Gasteiger partial charge on any atom is -0.314 e. The smallest absolute Gasteiger partial charge is 0.314 e. The van der Waals surface area contributed by atoms with Crippen LogP contribution in [0.3, 0.4) is 0 Å². The van der Waals surface area contributed by atoms with Crippen LogP contribution in [-0.4, -0.2) is 33.0 Å². The highest BCUT2D eigenvalue weighted by molar-refractivity contribution is 5.03. The third kappa shape index (κ3) is 5.20. The van der Waals surface area contributed by atoms with Gasteiger partial charge in [-0.05, 0) is 19.5 Å². The summed E-state index contributed by atoms with van der Waals surface area (Å²) in [6.45, 7) is 2.03. The minimum atomic E-state index is -0.528. The van der Waals surface area contributed by atoms with E-state index in [0.717, 1.165) is 6.42 Å². The molecule has 0 aromatic carbocycles. The predicted molar refractivity (Wildman–Crippen MR) is 83.4 cm³/mol. The summed E-state index contributed by atoms with van der Waals surface area (Å²) in [7, 11) is 0. The number of hydrogen-bond donors (Lipinski definition) is 6. The summed E-state index contributed by atoms with van der Waals surface area (Å²) in [6.07, 6.45) is 3.55. The lowest BCUT2D eigenvalue weighted by Crippen LogP contribution is -2.30. The molecule has 0 bridgehead atoms. The highest BCUT2D eigenvalue weighted by Gasteiger charge is 2.00. The van der Waals surface area contributed by atoms with Crippen molar-refractivity contribution < 1.29 is 0 Å². The van der Waals surface area contributed by atoms with Gasteiger partial charge in [-0.3, -0.25) is 19.6 Å². The number of nitrogens with one attached hydrogen (secondary N) is 6. The van der Waals surface area contributed by atoms with E-state index in [1.54, 1.807) is 0 Å². The molecule has 0 fully saturated rings. The molecule has 0 atom stereocenters. The van der Waals surface area contributed by atoms with Gasteiger partial charge >= 0.3 is 11.4 Å². The Kier molecular flexibility index (Phi) is 5.83. The Bertz CT molecular complexity index is 790. The van der Waals surface area contributed by atoms with Crippen LogP contribution in [0.15, 0.2) is 31.6 Å². The first kappa shape index (κ1) is 16.6. The van der Waals surface area contributed by atoms with Crippen LogP contribution in [0, 0.1) is 0 Å². The molecule has 0 aliphatic carbocycles. The third-order valence-corrected chi connectivity index (χ3v) is 3.13. The van der Waals surface area contributed by atoms with Crippen LogP contribution < -0.4 is 33.1 Å². The number of aromatic nitrogens is 4. The number of hydrogen-bond acceptors (Lipinski definition) is 6. The van der Waals surface area contributed by atoms with Crippen molar-refractivity contribution in [1.29, 1.82) is 0 Å². The maximum Gasteiger partial charge on any atom is 0.325 e. The van der Waals surface area contributed by atoms with E-state index in [1.807, 2.05) is 0 Å². The second kappa shape index (κ2) is 8.06. The zero-order valence-electron chi connectivity index (χ0n) is 12.3. The zero-order chi connectivity index (χ0) is 16.7. The van der Waals surface area contributed by atoms with Gasteiger partial charge in [-0.1, -0.05) is 0 Å². The Morgan fingerprint density at radius 2 is 1.17 bits per heavy atom. The second-order valence-corrected chi connectivity index (χ2v) is 4.90. The molecule has 2 rings (SSSR count). The van der Waals surface area contributed by atoms with Crippen molar-refractivity contribution >= 4 is 0 Å². The van der Waals surface area contributed by atoms with Gasteiger partial charge in [0.05, 0.1) is 0 Å². The van der Waals surface area contributed by atoms with E-state index in [-0.39, 0.29) is 0 Å². The van der Waals surface area contributed by atoms with Crippen molar-refractivity contribution in [2.24, 2.45) is 0 Å². The average molecular weight is 322 g/mol. The Hall–Kier alpha value is -2.72. The molecule has 23 heavy (non-hydrogen) atoms. The summed E-state index contributed by atoms with van der Waals surface area (Å²) in [5.41, 5.74) is -0.955. The molecule has 0 saturated heterocycles. The van der Waals surface area contributed by atoms with Crippen molar-refractivity contribution in [2.45, 2.75) is 19.5 Å². The summed E-state index contributed by atoms with van der Waals surface area (Å²) in [5, 5.41) is 6.16. The maximum atomic E-state index is 11.4. The highest BCUT2D eigenvalue weighted by atomic mass is 16.2. The fourth-order valence-electron chi connectivity index (χ4n) is 1.92. The second-order valence-electron chi connectivity index (χ2n) is 4.90. The van der Waals surface area contributed by atoms with Gasteiger partial charge in [0, 0.05) is 36.6 Å². The van der Waals surface area contributed by atoms with Crippen LogP contribution in [0.25, 0.3) is 0 Å². The van der Waals surface area contributed by atoms with Gasteiger partial charge in [-0.2, -0.15) is 0 Å². The molecule has 124 valence electrons. The highest BCUT2D eigenvalue weighted by Crippen LogP contribution is 1.86. The lowest BCUT2D eigenvalue weighted by atomic mass is 10.3. The molecule has 2 aromatic heterocycles. The van der Waals surface area contributed by atoms with E-state index < -0.39 is 22.5 Å². The number of aromatic amines is 4. The average Bonchev–Trinajstić information content (AvgIpc) is 2.50. The molecular weight excluding hydrogens is 304 g/mol. The first-order chi connectivity index (χ1) is 11.1. The SMILES string of the molecule is O=c1[nH]cc(CNCCCNCc2c[nH]c(=O)[nH]c2=O)c(=O)[nH]1. The molecular formula is C13H18N6O4. The Morgan fingerprint density at radius 3 is 1.57 bits per heavy atom. The number of H-pyrrole nitrogens is 4. The lowest BCUT2D eigenvalue weighted by molar-refractivity contribution is 0.590. The Balaban J connectivity index is 1.64. The predicted octanol–water partition coefficient (Wildman–Crippen LogP) is -2.29. The topological polar surface area (TPSA) is 155 Å². The van der Waals surface area contributed by atoms with E-state index in [4.69, 9.17) is 0 Å². The van der Waals surface area contributed by atoms with E-state index in [0.29, 0.717) is 37.3 Å². The van der Waals surface area contributed by atoms with Gasteiger partial charge in [-0.25, -0.2) is 9.59 Å². The van der Waals surface area contributed by atoms with Crippen molar-refractivity contribution in [3.05, 3.63) is 65.2 Å². The van der Waals surface area contributed by atoms with Crippen LogP contribution >= 0.6 is 0 Å². The van der Waals surface area contributed by atoms with Gasteiger partial charge < -0.3 is 20.6 Å². The van der Waals surface area contributed by atoms with Crippen LogP contribution in [0.1, 0.15) is 17.5 Å². The van der Waals surface area contributed by atoms with E-state index in [9.17, 15) is 19.2 Å². The quantitative estimate of drug-likeness (QED) is 0.300. The summed E-state index contributed by atoms with van der Waals surface area (Å²) in [4.78, 5) is 53.7. The standard InChI is InChI=1S/C13H18N6O4/c20-10-8(6-16-12(22)18-10)4-14-2-1-3-15-5-9-7-17-13(23)19-11(9)21/h6-7,14-15H,1-5H2,(H2,16,18,20,22)(H2,17,19,21,23). The molecule has 6 N–H and O–H groups in total. The summed E-state index contributed by atoms with van der Waals surface area (Å²) in [6, 6.07) is 0. The van der Waals surface area contributed by atoms with Crippen molar-refractivity contribution in [3.8, 4) is 0 Å². The first-order valence-corrected chi connectivity index (χ1v) is 7.09. The number of rotatable bonds is 8. The van der Waals surface area contributed by atoms with E-state index >= 15 is 0 Å². The third-order valence-electron chi connectivity index (χ3n) is 3.13. The van der Waals surface area contributed by atoms with Gasteiger partial charge in [0.15, 0.2) is 0 Å². The summed E-state index contributed by atoms with van der Waals surface area (Å²) < 4.78 is 0. The molecule has 0 amide bonds. The van der Waals surface area contributed by atoms with E-state index in [1.165, 1.54) is 12.4 Å². The summed E-state index contributed by atoms with van der Waals surface area (Å²) in [5.74, 6) is 0. The molecule has 10 heteroatoms. The van der Waals surface area contributed by atoms with Gasteiger partial charge in [0.2, 0.25) is 0 Å². The molecule has 0 radical (unpaired) electrons. The molecule has 0 aliphatic heterocycles. The molecule has 10 nitrogen and oxygen atoms in total. The normalized spacial score (nSPS) is 10.8. The fraction of sp³-hybridized carbons (Fsp3) is 0.385. The fourth-order valence-corrected chi connectivity index (χ4v) is 1.92. The molecule has 0 saturated carbocycles. The lowest BCUT2D eigenvalue weighted by Gasteiger charge is -2.05. The summed E-state index contributed by atoms with van der Waals surface area (Å²) >= 11 is 0. The molecule has 0 aliphatic rings. The van der Waals surface area contributed by atoms with Gasteiger partial charge in [0.1, 0.15) is 0 Å². The van der Waals surface area contributed by atoms with Crippen LogP contribution in [0.5, 0.6) is 0 Å². The van der Waals surface area contributed by atoms with Gasteiger partial charge in [-0.15, -0.1) is 0 Å². The van der Waals surface area contributed by atoms with Crippen molar-refractivity contribution in [3.63, 3.8) is 0 Å². The first-order valence-electron chi connectivity index (χ1n) is 7.09.